The molecule has 0 amide bonds. The molecule has 4 aliphatic rings. The molecule has 0 N–H and O–H groups in total. The number of nitrogens with zero attached hydrogens (tertiary/aromatic N) is 2. The largest absolute Gasteiger partial charge is 0.369 e. The Bertz CT molecular complexity index is 777. The van der Waals surface area contributed by atoms with Gasteiger partial charge in [0.05, 0.1) is 16.7 Å². The van der Waals surface area contributed by atoms with Crippen molar-refractivity contribution in [3.63, 3.8) is 0 Å². The molecule has 1 saturated carbocycles. The second-order valence-electron chi connectivity index (χ2n) is 8.08. The Labute approximate surface area is 154 Å². The van der Waals surface area contributed by atoms with Gasteiger partial charge in [0.1, 0.15) is 0 Å². The summed E-state index contributed by atoms with van der Waals surface area (Å²) in [5.41, 5.74) is 2.57. The molecule has 1 aliphatic carbocycles. The van der Waals surface area contributed by atoms with Gasteiger partial charge in [0.15, 0.2) is 5.78 Å². The number of benzene rings is 1. The Balaban J connectivity index is 1.83. The Morgan fingerprint density at radius 2 is 2.12 bits per heavy atom. The second kappa shape index (κ2) is 5.14. The van der Waals surface area contributed by atoms with Crippen LogP contribution in [0, 0.1) is 5.41 Å². The molecule has 5 rings (SSSR count). The van der Waals surface area contributed by atoms with Crippen LogP contribution in [0.1, 0.15) is 25.3 Å². The van der Waals surface area contributed by atoms with Crippen LogP contribution < -0.4 is 4.90 Å². The van der Waals surface area contributed by atoms with Gasteiger partial charge in [-0.1, -0.05) is 37.3 Å². The van der Waals surface area contributed by atoms with Crippen LogP contribution in [0.4, 0.5) is 5.69 Å². The van der Waals surface area contributed by atoms with Crippen molar-refractivity contribution >= 4 is 23.2 Å². The minimum Gasteiger partial charge on any atom is -0.369 e. The molecule has 25 heavy (non-hydrogen) atoms. The minimum absolute atomic E-state index is 0.0382. The molecular formula is C21H26N2OS. The summed E-state index contributed by atoms with van der Waals surface area (Å²) in [4.78, 5) is 18.8. The summed E-state index contributed by atoms with van der Waals surface area (Å²) in [7, 11) is 2.20. The quantitative estimate of drug-likeness (QED) is 0.762. The standard InChI is InChI=1S/C21H26N2OS/c1-4-20-10-7-12-23-13-11-21(19(20)23)14-8-5-6-9-15(14)22(2)17(21)16(25-3)18(20)24/h5-10,16-17,19H,4,11-13H2,1-3H3/t16?,17-,19-,20-,21-/m0/s1. The Morgan fingerprint density at radius 1 is 1.32 bits per heavy atom. The summed E-state index contributed by atoms with van der Waals surface area (Å²) in [5.74, 6) is 0.454. The molecule has 0 aromatic heterocycles. The summed E-state index contributed by atoms with van der Waals surface area (Å²) >= 11 is 1.76. The minimum atomic E-state index is -0.322. The van der Waals surface area contributed by atoms with Crippen molar-refractivity contribution in [1.29, 1.82) is 0 Å². The molecule has 3 heterocycles. The van der Waals surface area contributed by atoms with E-state index in [2.05, 4.69) is 66.4 Å². The fourth-order valence-electron chi connectivity index (χ4n) is 6.63. The highest BCUT2D eigenvalue weighted by atomic mass is 32.2. The molecule has 4 heteroatoms. The van der Waals surface area contributed by atoms with Crippen LogP contribution in [0.3, 0.4) is 0 Å². The number of rotatable bonds is 2. The predicted octanol–water partition coefficient (Wildman–Crippen LogP) is 3.10. The zero-order chi connectivity index (χ0) is 17.4. The topological polar surface area (TPSA) is 23.6 Å². The number of hydrogen-bond donors (Lipinski definition) is 0. The monoisotopic (exact) mass is 354 g/mol. The number of thioether (sulfide) groups is 1. The number of fused-ring (bicyclic) bond motifs is 1. The van der Waals surface area contributed by atoms with Crippen molar-refractivity contribution in [1.82, 2.24) is 4.90 Å². The molecule has 5 atom stereocenters. The maximum Gasteiger partial charge on any atom is 0.159 e. The molecule has 0 radical (unpaired) electrons. The molecule has 1 unspecified atom stereocenters. The lowest BCUT2D eigenvalue weighted by Gasteiger charge is -2.57. The third-order valence-corrected chi connectivity index (χ3v) is 8.46. The van der Waals surface area contributed by atoms with E-state index < -0.39 is 0 Å². The van der Waals surface area contributed by atoms with Gasteiger partial charge in [-0.15, -0.1) is 0 Å². The summed E-state index contributed by atoms with van der Waals surface area (Å²) in [6.45, 7) is 4.30. The summed E-state index contributed by atoms with van der Waals surface area (Å²) < 4.78 is 0. The van der Waals surface area contributed by atoms with Crippen LogP contribution in [0.25, 0.3) is 0 Å². The highest BCUT2D eigenvalue weighted by Gasteiger charge is 2.72. The molecule has 132 valence electrons. The van der Waals surface area contributed by atoms with Crippen molar-refractivity contribution in [2.75, 3.05) is 31.3 Å². The first-order valence-corrected chi connectivity index (χ1v) is 10.7. The maximum absolute atomic E-state index is 13.8. The highest BCUT2D eigenvalue weighted by Crippen LogP contribution is 2.64. The third kappa shape index (κ3) is 1.62. The van der Waals surface area contributed by atoms with Gasteiger partial charge < -0.3 is 4.90 Å². The fourth-order valence-corrected chi connectivity index (χ4v) is 7.75. The molecule has 1 aromatic rings. The van der Waals surface area contributed by atoms with Gasteiger partial charge in [-0.25, -0.2) is 0 Å². The van der Waals surface area contributed by atoms with Gasteiger partial charge in [-0.05, 0) is 37.3 Å². The number of para-hydroxylation sites is 1. The van der Waals surface area contributed by atoms with E-state index in [-0.39, 0.29) is 22.1 Å². The van der Waals surface area contributed by atoms with E-state index in [1.807, 2.05) is 0 Å². The van der Waals surface area contributed by atoms with E-state index >= 15 is 0 Å². The summed E-state index contributed by atoms with van der Waals surface area (Å²) in [6, 6.07) is 9.49. The number of anilines is 1. The number of Topliss-reactive ketones (excluding diaryl/α,β-unsaturated/α-hetero) is 1. The lowest BCUT2D eigenvalue weighted by molar-refractivity contribution is -0.135. The molecule has 3 aliphatic heterocycles. The number of hydrogen-bond acceptors (Lipinski definition) is 4. The number of likely N-dealkylation sites (N-methyl/N-ethyl adjacent to an activating group) is 1. The van der Waals surface area contributed by atoms with Crippen LogP contribution in [-0.4, -0.2) is 54.4 Å². The normalized spacial score (nSPS) is 41.6. The smallest absolute Gasteiger partial charge is 0.159 e. The van der Waals surface area contributed by atoms with E-state index in [1.54, 1.807) is 11.8 Å². The number of carbonyl (C=O) groups excluding carboxylic acids is 1. The van der Waals surface area contributed by atoms with Crippen LogP contribution in [0.15, 0.2) is 36.4 Å². The Morgan fingerprint density at radius 3 is 2.88 bits per heavy atom. The highest BCUT2D eigenvalue weighted by molar-refractivity contribution is 8.00. The van der Waals surface area contributed by atoms with Gasteiger partial charge in [0.2, 0.25) is 0 Å². The molecule has 2 fully saturated rings. The average molecular weight is 355 g/mol. The Kier molecular flexibility index (Phi) is 3.28. The zero-order valence-corrected chi connectivity index (χ0v) is 16.1. The van der Waals surface area contributed by atoms with Crippen LogP contribution in [-0.2, 0) is 10.2 Å². The number of ketones is 1. The first-order valence-electron chi connectivity index (χ1n) is 9.43. The predicted molar refractivity (Wildman–Crippen MR) is 104 cm³/mol. The van der Waals surface area contributed by atoms with E-state index in [0.717, 1.165) is 25.9 Å². The lowest BCUT2D eigenvalue weighted by atomic mass is 9.53. The first kappa shape index (κ1) is 16.0. The van der Waals surface area contributed by atoms with Crippen molar-refractivity contribution in [2.24, 2.45) is 5.41 Å². The van der Waals surface area contributed by atoms with Crippen molar-refractivity contribution in [2.45, 2.75) is 42.5 Å². The van der Waals surface area contributed by atoms with E-state index in [1.165, 1.54) is 11.3 Å². The average Bonchev–Trinajstić information content (AvgIpc) is 3.16. The maximum atomic E-state index is 13.8. The summed E-state index contributed by atoms with van der Waals surface area (Å²) in [6.07, 6.45) is 8.72. The van der Waals surface area contributed by atoms with Crippen LogP contribution in [0.5, 0.6) is 0 Å². The van der Waals surface area contributed by atoms with E-state index in [0.29, 0.717) is 11.8 Å². The van der Waals surface area contributed by atoms with Gasteiger partial charge in [0.25, 0.3) is 0 Å². The molecular weight excluding hydrogens is 328 g/mol. The van der Waals surface area contributed by atoms with Crippen LogP contribution >= 0.6 is 11.8 Å². The SMILES string of the molecule is CC[C@]12C=CCN3CC[C@@]4(c5ccccc5N(C)[C@H]4C(SC)C1=O)[C@@H]32. The Hall–Kier alpha value is -1.26. The van der Waals surface area contributed by atoms with Crippen molar-refractivity contribution in [3.05, 3.63) is 42.0 Å². The van der Waals surface area contributed by atoms with Gasteiger partial charge in [-0.2, -0.15) is 11.8 Å². The van der Waals surface area contributed by atoms with Crippen molar-refractivity contribution < 1.29 is 4.79 Å². The van der Waals surface area contributed by atoms with Crippen LogP contribution in [0.2, 0.25) is 0 Å². The molecule has 1 aromatic carbocycles. The van der Waals surface area contributed by atoms with Gasteiger partial charge in [0, 0.05) is 30.7 Å². The lowest BCUT2D eigenvalue weighted by Crippen LogP contribution is -2.71. The van der Waals surface area contributed by atoms with Gasteiger partial charge >= 0.3 is 0 Å². The van der Waals surface area contributed by atoms with Crippen molar-refractivity contribution in [3.8, 4) is 0 Å². The summed E-state index contributed by atoms with van der Waals surface area (Å²) in [5, 5.41) is 0.0382. The molecule has 1 spiro atoms. The van der Waals surface area contributed by atoms with E-state index in [4.69, 9.17) is 0 Å². The second-order valence-corrected chi connectivity index (χ2v) is 9.06. The zero-order valence-electron chi connectivity index (χ0n) is 15.2. The van der Waals surface area contributed by atoms with Gasteiger partial charge in [-0.3, -0.25) is 9.69 Å². The third-order valence-electron chi connectivity index (χ3n) is 7.48. The van der Waals surface area contributed by atoms with E-state index in [9.17, 15) is 4.79 Å². The first-order chi connectivity index (χ1) is 12.1. The molecule has 1 saturated heterocycles. The molecule has 0 bridgehead atoms. The fraction of sp³-hybridized carbons (Fsp3) is 0.571. The number of carbonyl (C=O) groups is 1. The molecule has 3 nitrogen and oxygen atoms in total.